The number of unbranched alkanes of at least 4 members (excludes halogenated alkanes) is 4. The molecule has 5 heteroatoms. The van der Waals surface area contributed by atoms with E-state index in [9.17, 15) is 9.59 Å². The van der Waals surface area contributed by atoms with Crippen LogP contribution >= 0.6 is 0 Å². The molecular formula is C12H23NO4. The van der Waals surface area contributed by atoms with Crippen LogP contribution in [0.1, 0.15) is 52.4 Å². The van der Waals surface area contributed by atoms with Gasteiger partial charge in [-0.2, -0.15) is 0 Å². The van der Waals surface area contributed by atoms with E-state index in [0.717, 1.165) is 38.5 Å². The van der Waals surface area contributed by atoms with Crippen molar-refractivity contribution in [2.24, 2.45) is 4.99 Å². The maximum Gasteiger partial charge on any atom is 0.505 e. The summed E-state index contributed by atoms with van der Waals surface area (Å²) in [6.07, 6.45) is 6.61. The minimum Gasteiger partial charge on any atom is -0.450 e. The Kier molecular flexibility index (Phi) is 18.1. The van der Waals surface area contributed by atoms with Crippen molar-refractivity contribution in [2.45, 2.75) is 52.4 Å². The molecule has 0 rings (SSSR count). The van der Waals surface area contributed by atoms with Gasteiger partial charge >= 0.3 is 6.16 Å². The van der Waals surface area contributed by atoms with Gasteiger partial charge in [0, 0.05) is 0 Å². The zero-order valence-electron chi connectivity index (χ0n) is 10.8. The van der Waals surface area contributed by atoms with E-state index in [0.29, 0.717) is 13.2 Å². The van der Waals surface area contributed by atoms with E-state index in [1.165, 1.54) is 6.08 Å². The summed E-state index contributed by atoms with van der Waals surface area (Å²) in [7, 11) is 0. The smallest absolute Gasteiger partial charge is 0.450 e. The third kappa shape index (κ3) is 25.2. The Morgan fingerprint density at radius 2 is 1.82 bits per heavy atom. The van der Waals surface area contributed by atoms with Gasteiger partial charge in [0.25, 0.3) is 0 Å². The van der Waals surface area contributed by atoms with Crippen LogP contribution in [0.5, 0.6) is 0 Å². The van der Waals surface area contributed by atoms with Crippen molar-refractivity contribution in [1.29, 1.82) is 0 Å². The van der Waals surface area contributed by atoms with Crippen LogP contribution in [0.4, 0.5) is 4.79 Å². The fourth-order valence-corrected chi connectivity index (χ4v) is 0.971. The van der Waals surface area contributed by atoms with E-state index in [1.807, 2.05) is 0 Å². The maximum absolute atomic E-state index is 9.81. The molecule has 0 saturated carbocycles. The average molecular weight is 245 g/mol. The molecule has 0 aromatic rings. The molecule has 0 radical (unpaired) electrons. The second kappa shape index (κ2) is 17.1. The van der Waals surface area contributed by atoms with Gasteiger partial charge in [-0.1, -0.05) is 39.5 Å². The summed E-state index contributed by atoms with van der Waals surface area (Å²) >= 11 is 0. The van der Waals surface area contributed by atoms with Crippen molar-refractivity contribution >= 4 is 12.2 Å². The van der Waals surface area contributed by atoms with Crippen LogP contribution in [-0.2, 0) is 9.53 Å². The monoisotopic (exact) mass is 245 g/mol. The number of rotatable bonds is 8. The molecule has 0 aliphatic carbocycles. The molecule has 0 aromatic carbocycles. The van der Waals surface area contributed by atoms with Crippen molar-refractivity contribution < 1.29 is 19.4 Å². The Morgan fingerprint density at radius 3 is 2.29 bits per heavy atom. The molecule has 1 N–H and O–H groups in total. The molecule has 0 bridgehead atoms. The highest BCUT2D eigenvalue weighted by molar-refractivity contribution is 5.56. The van der Waals surface area contributed by atoms with Gasteiger partial charge in [0.15, 0.2) is 0 Å². The SMILES string of the molecule is CCCCCCOC(=O)O.CCCCN=C=O. The third-order valence-corrected chi connectivity index (χ3v) is 1.91. The number of hydrogen-bond donors (Lipinski definition) is 1. The van der Waals surface area contributed by atoms with Crippen LogP contribution in [0.3, 0.4) is 0 Å². The molecular weight excluding hydrogens is 222 g/mol. The Hall–Kier alpha value is -1.35. The minimum atomic E-state index is -1.17. The van der Waals surface area contributed by atoms with Gasteiger partial charge in [0.2, 0.25) is 6.08 Å². The Morgan fingerprint density at radius 1 is 1.18 bits per heavy atom. The minimum absolute atomic E-state index is 0.343. The molecule has 17 heavy (non-hydrogen) atoms. The van der Waals surface area contributed by atoms with Crippen molar-refractivity contribution in [3.05, 3.63) is 0 Å². The first kappa shape index (κ1) is 18.0. The highest BCUT2D eigenvalue weighted by atomic mass is 16.7. The topological polar surface area (TPSA) is 76.0 Å². The molecule has 0 atom stereocenters. The van der Waals surface area contributed by atoms with Gasteiger partial charge in [0.1, 0.15) is 0 Å². The Balaban J connectivity index is 0. The summed E-state index contributed by atoms with van der Waals surface area (Å²) in [6, 6.07) is 0. The fraction of sp³-hybridized carbons (Fsp3) is 0.833. The molecule has 0 fully saturated rings. The molecule has 0 unspecified atom stereocenters. The van der Waals surface area contributed by atoms with Gasteiger partial charge in [-0.25, -0.2) is 14.6 Å². The van der Waals surface area contributed by atoms with Crippen LogP contribution in [0.2, 0.25) is 0 Å². The van der Waals surface area contributed by atoms with Crippen LogP contribution in [0.25, 0.3) is 0 Å². The van der Waals surface area contributed by atoms with Crippen molar-refractivity contribution in [2.75, 3.05) is 13.2 Å². The zero-order valence-corrected chi connectivity index (χ0v) is 10.8. The van der Waals surface area contributed by atoms with Gasteiger partial charge in [-0.05, 0) is 12.8 Å². The van der Waals surface area contributed by atoms with Crippen LogP contribution < -0.4 is 0 Å². The lowest BCUT2D eigenvalue weighted by Gasteiger charge is -1.98. The summed E-state index contributed by atoms with van der Waals surface area (Å²) in [5, 5.41) is 8.05. The summed E-state index contributed by atoms with van der Waals surface area (Å²) < 4.78 is 4.31. The first-order valence-electron chi connectivity index (χ1n) is 6.08. The van der Waals surface area contributed by atoms with E-state index in [1.54, 1.807) is 0 Å². The number of carbonyl (C=O) groups is 1. The molecule has 0 heterocycles. The van der Waals surface area contributed by atoms with E-state index in [-0.39, 0.29) is 0 Å². The second-order valence-corrected chi connectivity index (χ2v) is 3.50. The van der Waals surface area contributed by atoms with Gasteiger partial charge in [-0.3, -0.25) is 0 Å². The fourth-order valence-electron chi connectivity index (χ4n) is 0.971. The molecule has 0 saturated heterocycles. The van der Waals surface area contributed by atoms with Gasteiger partial charge < -0.3 is 9.84 Å². The Bertz CT molecular complexity index is 213. The van der Waals surface area contributed by atoms with E-state index in [2.05, 4.69) is 23.6 Å². The molecule has 0 spiro atoms. The van der Waals surface area contributed by atoms with Crippen LogP contribution in [-0.4, -0.2) is 30.5 Å². The summed E-state index contributed by atoms with van der Waals surface area (Å²) in [5.41, 5.74) is 0. The number of nitrogens with zero attached hydrogens (tertiary/aromatic N) is 1. The third-order valence-electron chi connectivity index (χ3n) is 1.91. The lowest BCUT2D eigenvalue weighted by molar-refractivity contribution is 0.0900. The Labute approximate surface area is 103 Å². The molecule has 0 aliphatic rings. The molecule has 0 aliphatic heterocycles. The van der Waals surface area contributed by atoms with E-state index >= 15 is 0 Å². The summed E-state index contributed by atoms with van der Waals surface area (Å²) in [6.45, 7) is 5.15. The number of isocyanates is 1. The van der Waals surface area contributed by atoms with Gasteiger partial charge in [-0.15, -0.1) is 0 Å². The average Bonchev–Trinajstić information content (AvgIpc) is 2.30. The number of carbonyl (C=O) groups excluding carboxylic acids is 1. The number of aliphatic imine (C=N–C) groups is 1. The normalized spacial score (nSPS) is 8.59. The summed E-state index contributed by atoms with van der Waals surface area (Å²) in [5.74, 6) is 0. The number of hydrogen-bond acceptors (Lipinski definition) is 4. The molecule has 0 amide bonds. The predicted octanol–water partition coefficient (Wildman–Crippen LogP) is 3.38. The van der Waals surface area contributed by atoms with Crippen molar-refractivity contribution in [3.63, 3.8) is 0 Å². The summed E-state index contributed by atoms with van der Waals surface area (Å²) in [4.78, 5) is 22.6. The quantitative estimate of drug-likeness (QED) is 0.308. The van der Waals surface area contributed by atoms with Gasteiger partial charge in [0.05, 0.1) is 13.2 Å². The zero-order chi connectivity index (χ0) is 13.4. The largest absolute Gasteiger partial charge is 0.505 e. The van der Waals surface area contributed by atoms with Crippen LogP contribution in [0, 0.1) is 0 Å². The second-order valence-electron chi connectivity index (χ2n) is 3.50. The first-order chi connectivity index (χ1) is 8.18. The molecule has 5 nitrogen and oxygen atoms in total. The number of ether oxygens (including phenoxy) is 1. The van der Waals surface area contributed by atoms with Crippen molar-refractivity contribution in [3.8, 4) is 0 Å². The lowest BCUT2D eigenvalue weighted by Crippen LogP contribution is -2.01. The molecule has 100 valence electrons. The lowest BCUT2D eigenvalue weighted by atomic mass is 10.2. The first-order valence-corrected chi connectivity index (χ1v) is 6.08. The standard InChI is InChI=1S/C7H14O3.C5H9NO/c1-2-3-4-5-6-10-7(8)9;1-2-3-4-6-5-7/h2-6H2,1H3,(H,8,9);2-4H2,1H3. The highest BCUT2D eigenvalue weighted by Gasteiger charge is 1.93. The highest BCUT2D eigenvalue weighted by Crippen LogP contribution is 1.98. The van der Waals surface area contributed by atoms with E-state index < -0.39 is 6.16 Å². The van der Waals surface area contributed by atoms with Crippen molar-refractivity contribution in [1.82, 2.24) is 0 Å². The number of carboxylic acid groups (broad SMARTS) is 1. The maximum atomic E-state index is 9.81. The predicted molar refractivity (Wildman–Crippen MR) is 66.0 cm³/mol. The van der Waals surface area contributed by atoms with E-state index in [4.69, 9.17) is 5.11 Å². The van der Waals surface area contributed by atoms with Crippen LogP contribution in [0.15, 0.2) is 4.99 Å². The molecule has 0 aromatic heterocycles.